The van der Waals surface area contributed by atoms with Crippen molar-refractivity contribution in [3.63, 3.8) is 0 Å². The first-order valence-corrected chi connectivity index (χ1v) is 7.40. The lowest BCUT2D eigenvalue weighted by Gasteiger charge is -2.37. The van der Waals surface area contributed by atoms with Gasteiger partial charge in [0.15, 0.2) is 0 Å². The Labute approximate surface area is 109 Å². The van der Waals surface area contributed by atoms with Gasteiger partial charge in [-0.1, -0.05) is 0 Å². The molecular formula is C14H24N2O2. The second-order valence-electron chi connectivity index (χ2n) is 6.29. The first-order chi connectivity index (χ1) is 8.72. The summed E-state index contributed by atoms with van der Waals surface area (Å²) in [6.07, 6.45) is 5.13. The van der Waals surface area contributed by atoms with E-state index in [1.807, 2.05) is 0 Å². The number of carboxylic acid groups (broad SMARTS) is 1. The molecule has 4 atom stereocenters. The number of likely N-dealkylation sites (tertiary alicyclic amines) is 1. The zero-order valence-corrected chi connectivity index (χ0v) is 11.1. The lowest BCUT2D eigenvalue weighted by Crippen LogP contribution is -2.45. The fourth-order valence-electron chi connectivity index (χ4n) is 4.14. The zero-order valence-electron chi connectivity index (χ0n) is 11.1. The van der Waals surface area contributed by atoms with E-state index in [0.717, 1.165) is 24.9 Å². The molecule has 3 saturated heterocycles. The number of carbonyl (C=O) groups is 1. The highest BCUT2D eigenvalue weighted by molar-refractivity contribution is 5.66. The number of aliphatic carboxylic acids is 1. The molecule has 0 radical (unpaired) electrons. The third-order valence-corrected chi connectivity index (χ3v) is 5.15. The Kier molecular flexibility index (Phi) is 3.57. The molecule has 0 aromatic rings. The lowest BCUT2D eigenvalue weighted by atomic mass is 9.93. The van der Waals surface area contributed by atoms with Gasteiger partial charge in [-0.15, -0.1) is 0 Å². The van der Waals surface area contributed by atoms with Gasteiger partial charge < -0.3 is 10.0 Å². The minimum Gasteiger partial charge on any atom is -0.481 e. The maximum absolute atomic E-state index is 10.6. The number of carboxylic acids is 1. The van der Waals surface area contributed by atoms with Crippen molar-refractivity contribution in [3.05, 3.63) is 0 Å². The van der Waals surface area contributed by atoms with E-state index in [-0.39, 0.29) is 0 Å². The van der Waals surface area contributed by atoms with Gasteiger partial charge >= 0.3 is 5.97 Å². The molecule has 2 bridgehead atoms. The van der Waals surface area contributed by atoms with Crippen LogP contribution in [-0.2, 0) is 4.79 Å². The molecule has 3 aliphatic rings. The monoisotopic (exact) mass is 252 g/mol. The van der Waals surface area contributed by atoms with Crippen LogP contribution in [0.3, 0.4) is 0 Å². The van der Waals surface area contributed by atoms with Crippen LogP contribution in [0.1, 0.15) is 32.1 Å². The highest BCUT2D eigenvalue weighted by Gasteiger charge is 2.39. The number of piperidine rings is 1. The number of nitrogens with zero attached hydrogens (tertiary/aromatic N) is 2. The molecular weight excluding hydrogens is 228 g/mol. The van der Waals surface area contributed by atoms with Gasteiger partial charge in [-0.2, -0.15) is 0 Å². The first kappa shape index (κ1) is 12.4. The Hall–Kier alpha value is -0.610. The van der Waals surface area contributed by atoms with E-state index < -0.39 is 5.97 Å². The summed E-state index contributed by atoms with van der Waals surface area (Å²) in [5.41, 5.74) is 0. The predicted molar refractivity (Wildman–Crippen MR) is 69.5 cm³/mol. The summed E-state index contributed by atoms with van der Waals surface area (Å²) in [7, 11) is 0. The molecule has 102 valence electrons. The summed E-state index contributed by atoms with van der Waals surface area (Å²) in [4.78, 5) is 15.9. The van der Waals surface area contributed by atoms with Crippen LogP contribution in [0, 0.1) is 11.8 Å². The largest absolute Gasteiger partial charge is 0.481 e. The summed E-state index contributed by atoms with van der Waals surface area (Å²) in [5, 5.41) is 8.75. The Morgan fingerprint density at radius 3 is 2.78 bits per heavy atom. The summed E-state index contributed by atoms with van der Waals surface area (Å²) >= 11 is 0. The molecule has 3 fully saturated rings. The third kappa shape index (κ3) is 2.54. The number of fused-ring (bicyclic) bond motifs is 2. The van der Waals surface area contributed by atoms with E-state index in [2.05, 4.69) is 9.80 Å². The smallest absolute Gasteiger partial charge is 0.303 e. The zero-order chi connectivity index (χ0) is 12.5. The van der Waals surface area contributed by atoms with Crippen LogP contribution >= 0.6 is 0 Å². The van der Waals surface area contributed by atoms with E-state index in [1.165, 1.54) is 45.4 Å². The fourth-order valence-corrected chi connectivity index (χ4v) is 4.14. The van der Waals surface area contributed by atoms with E-state index >= 15 is 0 Å². The van der Waals surface area contributed by atoms with Crippen molar-refractivity contribution in [2.45, 2.75) is 38.1 Å². The summed E-state index contributed by atoms with van der Waals surface area (Å²) in [5.74, 6) is 0.870. The highest BCUT2D eigenvalue weighted by atomic mass is 16.4. The van der Waals surface area contributed by atoms with E-state index in [9.17, 15) is 4.79 Å². The van der Waals surface area contributed by atoms with Crippen molar-refractivity contribution >= 4 is 5.97 Å². The van der Waals surface area contributed by atoms with Gasteiger partial charge in [-0.05, 0) is 57.2 Å². The van der Waals surface area contributed by atoms with Crippen LogP contribution in [0.25, 0.3) is 0 Å². The quantitative estimate of drug-likeness (QED) is 0.818. The lowest BCUT2D eigenvalue weighted by molar-refractivity contribution is -0.137. The Balaban J connectivity index is 1.50. The van der Waals surface area contributed by atoms with Gasteiger partial charge in [0, 0.05) is 25.6 Å². The van der Waals surface area contributed by atoms with E-state index in [1.54, 1.807) is 0 Å². The topological polar surface area (TPSA) is 43.8 Å². The van der Waals surface area contributed by atoms with Crippen molar-refractivity contribution in [3.8, 4) is 0 Å². The molecule has 1 N–H and O–H groups in total. The van der Waals surface area contributed by atoms with Crippen molar-refractivity contribution in [1.29, 1.82) is 0 Å². The minimum atomic E-state index is -0.641. The second kappa shape index (κ2) is 5.17. The number of hydrogen-bond donors (Lipinski definition) is 1. The van der Waals surface area contributed by atoms with Gasteiger partial charge in [0.2, 0.25) is 0 Å². The second-order valence-corrected chi connectivity index (χ2v) is 6.29. The van der Waals surface area contributed by atoms with Crippen molar-refractivity contribution in [2.24, 2.45) is 11.8 Å². The summed E-state index contributed by atoms with van der Waals surface area (Å²) in [6.45, 7) is 6.23. The average Bonchev–Trinajstić information content (AvgIpc) is 2.95. The van der Waals surface area contributed by atoms with Crippen LogP contribution in [0.5, 0.6) is 0 Å². The van der Waals surface area contributed by atoms with Crippen LogP contribution in [0.2, 0.25) is 0 Å². The van der Waals surface area contributed by atoms with Crippen LogP contribution in [0.4, 0.5) is 0 Å². The van der Waals surface area contributed by atoms with E-state index in [4.69, 9.17) is 5.11 Å². The molecule has 0 spiro atoms. The van der Waals surface area contributed by atoms with Crippen LogP contribution in [0.15, 0.2) is 0 Å². The van der Waals surface area contributed by atoms with Crippen molar-refractivity contribution in [2.75, 3.05) is 32.7 Å². The molecule has 0 amide bonds. The van der Waals surface area contributed by atoms with Gasteiger partial charge in [-0.3, -0.25) is 9.69 Å². The van der Waals surface area contributed by atoms with Gasteiger partial charge in [0.25, 0.3) is 0 Å². The highest BCUT2D eigenvalue weighted by Crippen LogP contribution is 2.34. The Bertz CT molecular complexity index is 321. The molecule has 0 aromatic carbocycles. The normalized spacial score (nSPS) is 40.2. The fraction of sp³-hybridized carbons (Fsp3) is 0.929. The first-order valence-electron chi connectivity index (χ1n) is 7.40. The molecule has 4 heteroatoms. The summed E-state index contributed by atoms with van der Waals surface area (Å²) < 4.78 is 0. The van der Waals surface area contributed by atoms with Gasteiger partial charge in [-0.25, -0.2) is 0 Å². The molecule has 0 aliphatic carbocycles. The van der Waals surface area contributed by atoms with Gasteiger partial charge in [0.05, 0.1) is 0 Å². The van der Waals surface area contributed by atoms with Gasteiger partial charge in [0.1, 0.15) is 0 Å². The number of rotatable bonds is 4. The van der Waals surface area contributed by atoms with Crippen molar-refractivity contribution in [1.82, 2.24) is 9.80 Å². The molecule has 3 rings (SSSR count). The average molecular weight is 252 g/mol. The summed E-state index contributed by atoms with van der Waals surface area (Å²) in [6, 6.07) is 0.790. The third-order valence-electron chi connectivity index (χ3n) is 5.15. The molecule has 3 aliphatic heterocycles. The maximum Gasteiger partial charge on any atom is 0.303 e. The Morgan fingerprint density at radius 2 is 1.94 bits per heavy atom. The van der Waals surface area contributed by atoms with Crippen molar-refractivity contribution < 1.29 is 9.90 Å². The SMILES string of the molecule is O=C(O)CCC1CCN(C2CCN3CCC2C3)C1. The molecule has 4 unspecified atom stereocenters. The van der Waals surface area contributed by atoms with Crippen LogP contribution in [-0.4, -0.2) is 59.6 Å². The molecule has 0 aromatic heterocycles. The molecule has 3 heterocycles. The number of hydrogen-bond acceptors (Lipinski definition) is 3. The molecule has 0 saturated carbocycles. The van der Waals surface area contributed by atoms with E-state index in [0.29, 0.717) is 12.3 Å². The van der Waals surface area contributed by atoms with Crippen LogP contribution < -0.4 is 0 Å². The predicted octanol–water partition coefficient (Wildman–Crippen LogP) is 1.27. The molecule has 18 heavy (non-hydrogen) atoms. The Morgan fingerprint density at radius 1 is 1.11 bits per heavy atom. The standard InChI is InChI=1S/C14H24N2O2/c17-14(18)2-1-11-3-8-16(9-11)13-5-7-15-6-4-12(13)10-15/h11-13H,1-10H2,(H,17,18). The minimum absolute atomic E-state index is 0.348. The molecule has 4 nitrogen and oxygen atoms in total. The maximum atomic E-state index is 10.6.